The Balaban J connectivity index is 1.20. The van der Waals surface area contributed by atoms with Gasteiger partial charge in [0.2, 0.25) is 5.78 Å². The zero-order valence-electron chi connectivity index (χ0n) is 20.8. The molecule has 6 aliphatic rings. The Labute approximate surface area is 206 Å². The van der Waals surface area contributed by atoms with Crippen LogP contribution in [-0.4, -0.2) is 40.6 Å². The van der Waals surface area contributed by atoms with Gasteiger partial charge in [-0.25, -0.2) is 0 Å². The van der Waals surface area contributed by atoms with Crippen molar-refractivity contribution in [1.82, 2.24) is 0 Å². The lowest BCUT2D eigenvalue weighted by Crippen LogP contribution is -2.61. The van der Waals surface area contributed by atoms with Crippen molar-refractivity contribution in [3.63, 3.8) is 0 Å². The summed E-state index contributed by atoms with van der Waals surface area (Å²) in [7, 11) is 0. The maximum Gasteiger partial charge on any atom is 0.309 e. The van der Waals surface area contributed by atoms with Gasteiger partial charge in [0, 0.05) is 24.2 Å². The molecule has 9 atom stereocenters. The van der Waals surface area contributed by atoms with Crippen molar-refractivity contribution in [3.8, 4) is 0 Å². The Morgan fingerprint density at radius 1 is 1.09 bits per heavy atom. The first-order valence-corrected chi connectivity index (χ1v) is 13.4. The minimum Gasteiger partial charge on any atom is -0.457 e. The molecule has 3 unspecified atom stereocenters. The summed E-state index contributed by atoms with van der Waals surface area (Å²) >= 11 is 0. The fraction of sp³-hybridized carbons (Fsp3) is 0.724. The SMILES string of the molecule is C[C@]12CCC(=O)C=C1CC[C@@H]1[C@@H]2C(=O)C[C@@]2(C)[C@H]1CC[C@]2(O)C(=O)COC(=O)C1CC2C=CC1C2. The van der Waals surface area contributed by atoms with Crippen molar-refractivity contribution < 1.29 is 29.0 Å². The molecule has 4 fully saturated rings. The molecule has 0 amide bonds. The molecule has 35 heavy (non-hydrogen) atoms. The first-order valence-electron chi connectivity index (χ1n) is 13.4. The third kappa shape index (κ3) is 3.17. The van der Waals surface area contributed by atoms with Crippen LogP contribution in [0.15, 0.2) is 23.8 Å². The van der Waals surface area contributed by atoms with E-state index < -0.39 is 23.4 Å². The molecule has 2 bridgehead atoms. The molecule has 0 aromatic rings. The van der Waals surface area contributed by atoms with Gasteiger partial charge >= 0.3 is 5.97 Å². The summed E-state index contributed by atoms with van der Waals surface area (Å²) < 4.78 is 5.47. The summed E-state index contributed by atoms with van der Waals surface area (Å²) in [4.78, 5) is 51.9. The van der Waals surface area contributed by atoms with Crippen LogP contribution < -0.4 is 0 Å². The van der Waals surface area contributed by atoms with Gasteiger partial charge in [-0.1, -0.05) is 31.6 Å². The quantitative estimate of drug-likeness (QED) is 0.486. The molecular formula is C29H36O6. The fourth-order valence-corrected chi connectivity index (χ4v) is 9.26. The highest BCUT2D eigenvalue weighted by Crippen LogP contribution is 2.66. The zero-order chi connectivity index (χ0) is 24.8. The number of aliphatic hydroxyl groups is 1. The number of carbonyl (C=O) groups excluding carboxylic acids is 4. The standard InChI is InChI=1S/C29H36O6/c1-27-9-7-19(30)13-18(27)5-6-20-22-8-10-29(34,28(22,2)14-23(31)25(20)27)24(32)15-35-26(33)21-12-16-3-4-17(21)11-16/h3-4,13,16-17,20-22,25,34H,5-12,14-15H2,1-2H3/t16?,17?,20-,21?,22-,25+,27-,28-,29-/m0/s1. The molecule has 6 heteroatoms. The predicted molar refractivity (Wildman–Crippen MR) is 127 cm³/mol. The van der Waals surface area contributed by atoms with Gasteiger partial charge in [0.15, 0.2) is 12.4 Å². The van der Waals surface area contributed by atoms with Crippen LogP contribution in [0.25, 0.3) is 0 Å². The molecule has 0 heterocycles. The van der Waals surface area contributed by atoms with Crippen LogP contribution in [0.5, 0.6) is 0 Å². The van der Waals surface area contributed by atoms with Crippen molar-refractivity contribution in [2.75, 3.05) is 6.61 Å². The van der Waals surface area contributed by atoms with E-state index in [0.29, 0.717) is 31.6 Å². The van der Waals surface area contributed by atoms with E-state index in [1.54, 1.807) is 6.08 Å². The monoisotopic (exact) mass is 480 g/mol. The van der Waals surface area contributed by atoms with Crippen molar-refractivity contribution in [3.05, 3.63) is 23.8 Å². The van der Waals surface area contributed by atoms with Gasteiger partial charge in [-0.2, -0.15) is 0 Å². The summed E-state index contributed by atoms with van der Waals surface area (Å²) in [5, 5.41) is 11.8. The number of ketones is 3. The highest BCUT2D eigenvalue weighted by molar-refractivity contribution is 5.95. The summed E-state index contributed by atoms with van der Waals surface area (Å²) in [6.07, 6.45) is 11.7. The molecule has 0 aromatic carbocycles. The number of Topliss-reactive ketones (excluding diaryl/α,β-unsaturated/α-hetero) is 2. The number of rotatable bonds is 4. The van der Waals surface area contributed by atoms with Crippen molar-refractivity contribution in [1.29, 1.82) is 0 Å². The second kappa shape index (κ2) is 7.71. The second-order valence-corrected chi connectivity index (χ2v) is 12.7. The van der Waals surface area contributed by atoms with Gasteiger partial charge in [-0.3, -0.25) is 19.2 Å². The molecule has 6 nitrogen and oxygen atoms in total. The molecule has 0 aliphatic heterocycles. The molecule has 0 saturated heterocycles. The first kappa shape index (κ1) is 23.3. The highest BCUT2D eigenvalue weighted by Gasteiger charge is 2.68. The molecule has 6 rings (SSSR count). The lowest BCUT2D eigenvalue weighted by Gasteiger charge is -2.57. The van der Waals surface area contributed by atoms with Crippen LogP contribution in [0.3, 0.4) is 0 Å². The smallest absolute Gasteiger partial charge is 0.309 e. The maximum atomic E-state index is 13.7. The van der Waals surface area contributed by atoms with E-state index in [4.69, 9.17) is 4.74 Å². The van der Waals surface area contributed by atoms with Gasteiger partial charge in [0.05, 0.1) is 5.92 Å². The second-order valence-electron chi connectivity index (χ2n) is 12.7. The Morgan fingerprint density at radius 3 is 2.60 bits per heavy atom. The molecule has 188 valence electrons. The van der Waals surface area contributed by atoms with E-state index in [-0.39, 0.29) is 59.0 Å². The Kier molecular flexibility index (Phi) is 5.14. The third-order valence-corrected chi connectivity index (χ3v) is 11.2. The van der Waals surface area contributed by atoms with E-state index in [1.807, 2.05) is 6.92 Å². The molecule has 0 radical (unpaired) electrons. The Bertz CT molecular complexity index is 1070. The Morgan fingerprint density at radius 2 is 1.89 bits per heavy atom. The van der Waals surface area contributed by atoms with Crippen LogP contribution in [0, 0.1) is 46.3 Å². The first-order chi connectivity index (χ1) is 16.6. The topological polar surface area (TPSA) is 97.7 Å². The van der Waals surface area contributed by atoms with Crippen LogP contribution in [0.2, 0.25) is 0 Å². The van der Waals surface area contributed by atoms with E-state index in [1.165, 1.54) is 0 Å². The lowest BCUT2D eigenvalue weighted by molar-refractivity contribution is -0.174. The van der Waals surface area contributed by atoms with Crippen LogP contribution >= 0.6 is 0 Å². The van der Waals surface area contributed by atoms with Crippen molar-refractivity contribution >= 4 is 23.3 Å². The van der Waals surface area contributed by atoms with Gasteiger partial charge in [-0.05, 0) is 80.1 Å². The average Bonchev–Trinajstić information content (AvgIpc) is 3.52. The molecule has 4 saturated carbocycles. The van der Waals surface area contributed by atoms with E-state index in [0.717, 1.165) is 31.3 Å². The zero-order valence-corrected chi connectivity index (χ0v) is 20.8. The minimum atomic E-state index is -1.66. The molecule has 0 aromatic heterocycles. The summed E-state index contributed by atoms with van der Waals surface area (Å²) in [6.45, 7) is 3.61. The molecule has 0 spiro atoms. The van der Waals surface area contributed by atoms with E-state index in [9.17, 15) is 24.3 Å². The normalized spacial score (nSPS) is 47.7. The fourth-order valence-electron chi connectivity index (χ4n) is 9.26. The summed E-state index contributed by atoms with van der Waals surface area (Å²) in [5.74, 6) is -0.105. The van der Waals surface area contributed by atoms with E-state index >= 15 is 0 Å². The number of carbonyl (C=O) groups is 4. The largest absolute Gasteiger partial charge is 0.457 e. The van der Waals surface area contributed by atoms with Gasteiger partial charge in [0.25, 0.3) is 0 Å². The number of esters is 1. The van der Waals surface area contributed by atoms with Crippen molar-refractivity contribution in [2.45, 2.75) is 77.2 Å². The van der Waals surface area contributed by atoms with Crippen LogP contribution in [-0.2, 0) is 23.9 Å². The molecular weight excluding hydrogens is 444 g/mol. The van der Waals surface area contributed by atoms with Gasteiger partial charge in [0.1, 0.15) is 11.4 Å². The van der Waals surface area contributed by atoms with Crippen LogP contribution in [0.4, 0.5) is 0 Å². The number of hydrogen-bond donors (Lipinski definition) is 1. The average molecular weight is 481 g/mol. The van der Waals surface area contributed by atoms with Crippen molar-refractivity contribution in [2.24, 2.45) is 46.3 Å². The van der Waals surface area contributed by atoms with Gasteiger partial charge < -0.3 is 9.84 Å². The van der Waals surface area contributed by atoms with E-state index in [2.05, 4.69) is 19.1 Å². The number of fused-ring (bicyclic) bond motifs is 7. The summed E-state index contributed by atoms with van der Waals surface area (Å²) in [6, 6.07) is 0. The lowest BCUT2D eigenvalue weighted by atomic mass is 9.46. The Hall–Kier alpha value is -2.08. The van der Waals surface area contributed by atoms with Crippen LogP contribution in [0.1, 0.15) is 71.6 Å². The third-order valence-electron chi connectivity index (χ3n) is 11.2. The van der Waals surface area contributed by atoms with Gasteiger partial charge in [-0.15, -0.1) is 0 Å². The molecule has 1 N–H and O–H groups in total. The number of ether oxygens (including phenoxy) is 1. The minimum absolute atomic E-state index is 0.0570. The summed E-state index contributed by atoms with van der Waals surface area (Å²) in [5.41, 5.74) is -1.71. The molecule has 6 aliphatic carbocycles. The maximum absolute atomic E-state index is 13.7. The number of hydrogen-bond acceptors (Lipinski definition) is 6. The predicted octanol–water partition coefficient (Wildman–Crippen LogP) is 3.75. The highest BCUT2D eigenvalue weighted by atomic mass is 16.5. The number of allylic oxidation sites excluding steroid dienone is 3.